The second kappa shape index (κ2) is 3.89. The summed E-state index contributed by atoms with van der Waals surface area (Å²) in [5, 5.41) is 9.95. The van der Waals surface area contributed by atoms with E-state index in [9.17, 15) is 18.7 Å². The van der Waals surface area contributed by atoms with E-state index in [0.717, 1.165) is 6.08 Å². The smallest absolute Gasteiger partial charge is 0.311 e. The average molecular weight is 220 g/mol. The van der Waals surface area contributed by atoms with Crippen molar-refractivity contribution in [1.29, 1.82) is 0 Å². The minimum atomic E-state index is -2.89. The van der Waals surface area contributed by atoms with Gasteiger partial charge in [0.25, 0.3) is 5.92 Å². The standard InChI is InChI=1S/C10H14F2O3/c1-7(8(13)15-2)9(14)3-5-10(11,12)6-4-9/h3,5,7,14H,4,6H2,1-2H3. The summed E-state index contributed by atoms with van der Waals surface area (Å²) < 4.78 is 30.0. The molecule has 5 heteroatoms. The van der Waals surface area contributed by atoms with Crippen molar-refractivity contribution >= 4 is 5.97 Å². The molecule has 86 valence electrons. The van der Waals surface area contributed by atoms with Crippen molar-refractivity contribution in [2.45, 2.75) is 31.3 Å². The fourth-order valence-electron chi connectivity index (χ4n) is 1.54. The van der Waals surface area contributed by atoms with Crippen LogP contribution in [0.1, 0.15) is 19.8 Å². The largest absolute Gasteiger partial charge is 0.469 e. The normalized spacial score (nSPS) is 31.0. The van der Waals surface area contributed by atoms with Gasteiger partial charge in [-0.25, -0.2) is 8.78 Å². The minimum Gasteiger partial charge on any atom is -0.469 e. The number of hydrogen-bond acceptors (Lipinski definition) is 3. The molecule has 0 spiro atoms. The highest BCUT2D eigenvalue weighted by Gasteiger charge is 2.43. The molecule has 0 aromatic carbocycles. The third kappa shape index (κ3) is 2.53. The number of methoxy groups -OCH3 is 1. The lowest BCUT2D eigenvalue weighted by atomic mass is 9.80. The van der Waals surface area contributed by atoms with Gasteiger partial charge in [0.1, 0.15) is 0 Å². The molecule has 0 saturated carbocycles. The zero-order chi connectivity index (χ0) is 11.7. The lowest BCUT2D eigenvalue weighted by molar-refractivity contribution is -0.153. The average Bonchev–Trinajstić information content (AvgIpc) is 2.21. The van der Waals surface area contributed by atoms with Crippen LogP contribution in [-0.2, 0) is 9.53 Å². The van der Waals surface area contributed by atoms with Crippen LogP contribution in [0.3, 0.4) is 0 Å². The Morgan fingerprint density at radius 3 is 2.47 bits per heavy atom. The van der Waals surface area contributed by atoms with Gasteiger partial charge in [0.15, 0.2) is 0 Å². The van der Waals surface area contributed by atoms with Gasteiger partial charge in [-0.15, -0.1) is 0 Å². The molecule has 0 fully saturated rings. The fraction of sp³-hybridized carbons (Fsp3) is 0.700. The van der Waals surface area contributed by atoms with Gasteiger partial charge >= 0.3 is 5.97 Å². The Morgan fingerprint density at radius 2 is 2.07 bits per heavy atom. The Balaban J connectivity index is 2.82. The lowest BCUT2D eigenvalue weighted by Crippen LogP contribution is -2.43. The third-order valence-electron chi connectivity index (χ3n) is 2.78. The summed E-state index contributed by atoms with van der Waals surface area (Å²) in [7, 11) is 1.20. The first-order chi connectivity index (χ1) is 6.81. The highest BCUT2D eigenvalue weighted by molar-refractivity contribution is 5.73. The fourth-order valence-corrected chi connectivity index (χ4v) is 1.54. The van der Waals surface area contributed by atoms with E-state index in [2.05, 4.69) is 4.74 Å². The van der Waals surface area contributed by atoms with Gasteiger partial charge in [-0.2, -0.15) is 0 Å². The highest BCUT2D eigenvalue weighted by atomic mass is 19.3. The molecule has 0 heterocycles. The zero-order valence-corrected chi connectivity index (χ0v) is 8.67. The SMILES string of the molecule is COC(=O)C(C)C1(O)C=CC(F)(F)CC1. The van der Waals surface area contributed by atoms with Crippen molar-refractivity contribution in [1.82, 2.24) is 0 Å². The van der Waals surface area contributed by atoms with Gasteiger partial charge in [0.2, 0.25) is 0 Å². The Bertz CT molecular complexity index is 288. The molecule has 1 N–H and O–H groups in total. The molecule has 0 radical (unpaired) electrons. The Labute approximate surface area is 86.7 Å². The number of allylic oxidation sites excluding steroid dienone is 1. The molecule has 0 amide bonds. The van der Waals surface area contributed by atoms with Crippen LogP contribution in [0.5, 0.6) is 0 Å². The van der Waals surface area contributed by atoms with E-state index in [-0.39, 0.29) is 6.42 Å². The topological polar surface area (TPSA) is 46.5 Å². The van der Waals surface area contributed by atoms with E-state index >= 15 is 0 Å². The maximum atomic E-state index is 12.8. The zero-order valence-electron chi connectivity index (χ0n) is 8.67. The lowest BCUT2D eigenvalue weighted by Gasteiger charge is -2.34. The summed E-state index contributed by atoms with van der Waals surface area (Å²) in [6.45, 7) is 1.46. The molecule has 0 bridgehead atoms. The molecule has 1 aliphatic carbocycles. The van der Waals surface area contributed by atoms with Crippen molar-refractivity contribution in [3.63, 3.8) is 0 Å². The molecule has 1 aliphatic rings. The van der Waals surface area contributed by atoms with Crippen LogP contribution in [0, 0.1) is 5.92 Å². The molecule has 0 aromatic heterocycles. The van der Waals surface area contributed by atoms with Crippen molar-refractivity contribution in [3.05, 3.63) is 12.2 Å². The summed E-state index contributed by atoms with van der Waals surface area (Å²) >= 11 is 0. The number of esters is 1. The van der Waals surface area contributed by atoms with Crippen LogP contribution in [-0.4, -0.2) is 29.7 Å². The number of alkyl halides is 2. The molecule has 0 aliphatic heterocycles. The molecule has 0 aromatic rings. The molecule has 0 saturated heterocycles. The summed E-state index contributed by atoms with van der Waals surface area (Å²) in [6, 6.07) is 0. The Hall–Kier alpha value is -0.970. The van der Waals surface area contributed by atoms with Crippen LogP contribution in [0.25, 0.3) is 0 Å². The molecule has 2 unspecified atom stereocenters. The van der Waals surface area contributed by atoms with E-state index in [1.165, 1.54) is 14.0 Å². The summed E-state index contributed by atoms with van der Waals surface area (Å²) in [4.78, 5) is 11.2. The Kier molecular flexibility index (Phi) is 3.13. The molecule has 1 rings (SSSR count). The van der Waals surface area contributed by atoms with Crippen molar-refractivity contribution < 1.29 is 23.4 Å². The predicted molar refractivity (Wildman–Crippen MR) is 49.5 cm³/mol. The maximum absolute atomic E-state index is 12.8. The van der Waals surface area contributed by atoms with Crippen molar-refractivity contribution in [2.75, 3.05) is 7.11 Å². The second-order valence-corrected chi connectivity index (χ2v) is 3.83. The number of halogens is 2. The summed E-state index contributed by atoms with van der Waals surface area (Å²) in [5.41, 5.74) is -1.52. The van der Waals surface area contributed by atoms with E-state index in [1.54, 1.807) is 0 Å². The van der Waals surface area contributed by atoms with Crippen LogP contribution >= 0.6 is 0 Å². The molecule has 15 heavy (non-hydrogen) atoms. The van der Waals surface area contributed by atoms with Crippen LogP contribution in [0.15, 0.2) is 12.2 Å². The van der Waals surface area contributed by atoms with E-state index in [4.69, 9.17) is 0 Å². The number of hydrogen-bond donors (Lipinski definition) is 1. The van der Waals surface area contributed by atoms with Crippen LogP contribution < -0.4 is 0 Å². The van der Waals surface area contributed by atoms with Gasteiger partial charge in [-0.3, -0.25) is 4.79 Å². The number of ether oxygens (including phenoxy) is 1. The maximum Gasteiger partial charge on any atom is 0.311 e. The van der Waals surface area contributed by atoms with E-state index in [0.29, 0.717) is 6.08 Å². The first-order valence-electron chi connectivity index (χ1n) is 4.69. The van der Waals surface area contributed by atoms with Gasteiger partial charge in [-0.1, -0.05) is 6.08 Å². The molecular weight excluding hydrogens is 206 g/mol. The van der Waals surface area contributed by atoms with Gasteiger partial charge < -0.3 is 9.84 Å². The van der Waals surface area contributed by atoms with Crippen LogP contribution in [0.2, 0.25) is 0 Å². The highest BCUT2D eigenvalue weighted by Crippen LogP contribution is 2.36. The predicted octanol–water partition coefficient (Wildman–Crippen LogP) is 1.51. The number of carbonyl (C=O) groups excluding carboxylic acids is 1. The summed E-state index contributed by atoms with van der Waals surface area (Å²) in [6.07, 6.45) is 1.04. The molecular formula is C10H14F2O3. The first kappa shape index (κ1) is 12.1. The van der Waals surface area contributed by atoms with Gasteiger partial charge in [-0.05, 0) is 19.4 Å². The van der Waals surface area contributed by atoms with Gasteiger partial charge in [0.05, 0.1) is 18.6 Å². The minimum absolute atomic E-state index is 0.146. The van der Waals surface area contributed by atoms with Crippen molar-refractivity contribution in [3.8, 4) is 0 Å². The second-order valence-electron chi connectivity index (χ2n) is 3.83. The quantitative estimate of drug-likeness (QED) is 0.566. The van der Waals surface area contributed by atoms with Crippen LogP contribution in [0.4, 0.5) is 8.78 Å². The monoisotopic (exact) mass is 220 g/mol. The number of rotatable bonds is 2. The summed E-state index contributed by atoms with van der Waals surface area (Å²) in [5.74, 6) is -4.33. The first-order valence-corrected chi connectivity index (χ1v) is 4.69. The molecule has 2 atom stereocenters. The Morgan fingerprint density at radius 1 is 1.47 bits per heavy atom. The molecule has 3 nitrogen and oxygen atoms in total. The van der Waals surface area contributed by atoms with Gasteiger partial charge in [0, 0.05) is 6.42 Å². The van der Waals surface area contributed by atoms with Crippen molar-refractivity contribution in [2.24, 2.45) is 5.92 Å². The third-order valence-corrected chi connectivity index (χ3v) is 2.78. The number of aliphatic hydroxyl groups is 1. The van der Waals surface area contributed by atoms with E-state index < -0.39 is 29.8 Å². The number of carbonyl (C=O) groups is 1. The van der Waals surface area contributed by atoms with E-state index in [1.807, 2.05) is 0 Å².